The van der Waals surface area contributed by atoms with Crippen LogP contribution in [0.4, 0.5) is 14.5 Å². The zero-order valence-corrected chi connectivity index (χ0v) is 13.5. The van der Waals surface area contributed by atoms with E-state index in [0.29, 0.717) is 14.5 Å². The van der Waals surface area contributed by atoms with E-state index in [0.717, 1.165) is 11.6 Å². The molecule has 0 heterocycles. The monoisotopic (exact) mass is 379 g/mol. The number of anilines is 1. The molecule has 0 amide bonds. The number of rotatable bonds is 3. The number of hydrogen-bond acceptors (Lipinski definition) is 1. The van der Waals surface area contributed by atoms with Crippen LogP contribution in [-0.2, 0) is 0 Å². The summed E-state index contributed by atoms with van der Waals surface area (Å²) in [5, 5.41) is 3.98. The Morgan fingerprint density at radius 2 is 1.85 bits per heavy atom. The lowest BCUT2D eigenvalue weighted by molar-refractivity contribution is 0.582. The summed E-state index contributed by atoms with van der Waals surface area (Å²) in [6.07, 6.45) is 0. The fourth-order valence-electron chi connectivity index (χ4n) is 1.83. The minimum Gasteiger partial charge on any atom is -0.375 e. The largest absolute Gasteiger partial charge is 0.375 e. The molecule has 0 spiro atoms. The molecule has 0 saturated heterocycles. The second kappa shape index (κ2) is 6.29. The molecular formula is C14H10BrCl2F2N. The summed E-state index contributed by atoms with van der Waals surface area (Å²) in [4.78, 5) is 0. The van der Waals surface area contributed by atoms with Gasteiger partial charge in [0.1, 0.15) is 11.6 Å². The average molecular weight is 381 g/mol. The molecule has 106 valence electrons. The van der Waals surface area contributed by atoms with Gasteiger partial charge in [0.05, 0.1) is 11.7 Å². The molecule has 0 radical (unpaired) electrons. The molecule has 1 unspecified atom stereocenters. The van der Waals surface area contributed by atoms with Crippen LogP contribution < -0.4 is 5.32 Å². The van der Waals surface area contributed by atoms with Crippen molar-refractivity contribution >= 4 is 44.8 Å². The first-order chi connectivity index (χ1) is 9.38. The van der Waals surface area contributed by atoms with Crippen molar-refractivity contribution in [1.82, 2.24) is 0 Å². The molecule has 1 nitrogen and oxygen atoms in total. The Morgan fingerprint density at radius 3 is 2.45 bits per heavy atom. The van der Waals surface area contributed by atoms with Crippen LogP contribution in [0.1, 0.15) is 18.5 Å². The first kappa shape index (κ1) is 15.5. The maximum absolute atomic E-state index is 13.8. The van der Waals surface area contributed by atoms with Gasteiger partial charge in [0.15, 0.2) is 0 Å². The lowest BCUT2D eigenvalue weighted by Gasteiger charge is -2.18. The van der Waals surface area contributed by atoms with Gasteiger partial charge in [-0.2, -0.15) is 0 Å². The Kier molecular flexibility index (Phi) is 4.89. The quantitative estimate of drug-likeness (QED) is 0.667. The summed E-state index contributed by atoms with van der Waals surface area (Å²) in [6.45, 7) is 1.82. The SMILES string of the molecule is CC(Nc1c(F)cc(F)cc1Br)c1ccc(Cl)cc1Cl. The van der Waals surface area contributed by atoms with Gasteiger partial charge in [-0.25, -0.2) is 8.78 Å². The number of benzene rings is 2. The third-order valence-corrected chi connectivity index (χ3v) is 3.98. The first-order valence-corrected chi connectivity index (χ1v) is 7.29. The minimum atomic E-state index is -0.672. The van der Waals surface area contributed by atoms with Gasteiger partial charge < -0.3 is 5.32 Å². The number of hydrogen-bond donors (Lipinski definition) is 1. The number of halogens is 5. The lowest BCUT2D eigenvalue weighted by atomic mass is 10.1. The van der Waals surface area contributed by atoms with Crippen LogP contribution in [0.25, 0.3) is 0 Å². The van der Waals surface area contributed by atoms with E-state index in [1.165, 1.54) is 6.07 Å². The van der Waals surface area contributed by atoms with Crippen LogP contribution in [0.5, 0.6) is 0 Å². The van der Waals surface area contributed by atoms with E-state index in [4.69, 9.17) is 23.2 Å². The standard InChI is InChI=1S/C14H10BrCl2F2N/c1-7(10-3-2-8(16)4-12(10)17)20-14-11(15)5-9(18)6-13(14)19/h2-7,20H,1H3. The summed E-state index contributed by atoms with van der Waals surface area (Å²) in [5.74, 6) is -1.31. The van der Waals surface area contributed by atoms with E-state index in [2.05, 4.69) is 21.2 Å². The van der Waals surface area contributed by atoms with Crippen LogP contribution >= 0.6 is 39.1 Å². The van der Waals surface area contributed by atoms with Crippen molar-refractivity contribution in [2.45, 2.75) is 13.0 Å². The van der Waals surface area contributed by atoms with Crippen molar-refractivity contribution < 1.29 is 8.78 Å². The molecule has 1 N–H and O–H groups in total. The maximum atomic E-state index is 13.8. The van der Waals surface area contributed by atoms with Gasteiger partial charge >= 0.3 is 0 Å². The van der Waals surface area contributed by atoms with Gasteiger partial charge in [-0.05, 0) is 46.6 Å². The second-order valence-corrected chi connectivity index (χ2v) is 5.97. The fraction of sp³-hybridized carbons (Fsp3) is 0.143. The summed E-state index contributed by atoms with van der Waals surface area (Å²) >= 11 is 15.1. The molecule has 20 heavy (non-hydrogen) atoms. The third-order valence-electron chi connectivity index (χ3n) is 2.80. The van der Waals surface area contributed by atoms with Crippen LogP contribution in [0, 0.1) is 11.6 Å². The van der Waals surface area contributed by atoms with Crippen molar-refractivity contribution in [3.8, 4) is 0 Å². The van der Waals surface area contributed by atoms with Crippen molar-refractivity contribution in [1.29, 1.82) is 0 Å². The van der Waals surface area contributed by atoms with Gasteiger partial charge in [-0.1, -0.05) is 29.3 Å². The third kappa shape index (κ3) is 3.43. The van der Waals surface area contributed by atoms with Gasteiger partial charge in [0.25, 0.3) is 0 Å². The lowest BCUT2D eigenvalue weighted by Crippen LogP contribution is -2.09. The molecule has 1 atom stereocenters. The van der Waals surface area contributed by atoms with Gasteiger partial charge in [0.2, 0.25) is 0 Å². The molecule has 0 aliphatic rings. The Bertz CT molecular complexity index is 626. The molecule has 0 saturated carbocycles. The molecule has 0 aliphatic carbocycles. The highest BCUT2D eigenvalue weighted by Gasteiger charge is 2.15. The van der Waals surface area contributed by atoms with Crippen LogP contribution in [0.3, 0.4) is 0 Å². The molecule has 6 heteroatoms. The Morgan fingerprint density at radius 1 is 1.15 bits per heavy atom. The molecule has 0 aromatic heterocycles. The molecule has 0 fully saturated rings. The highest BCUT2D eigenvalue weighted by Crippen LogP contribution is 2.33. The Hall–Kier alpha value is -0.840. The van der Waals surface area contributed by atoms with E-state index >= 15 is 0 Å². The summed E-state index contributed by atoms with van der Waals surface area (Å²) in [7, 11) is 0. The summed E-state index contributed by atoms with van der Waals surface area (Å²) in [6, 6.07) is 6.84. The molecule has 2 aromatic rings. The Labute approximate surface area is 134 Å². The van der Waals surface area contributed by atoms with Crippen LogP contribution in [0.2, 0.25) is 10.0 Å². The summed E-state index contributed by atoms with van der Waals surface area (Å²) in [5.41, 5.74) is 0.955. The second-order valence-electron chi connectivity index (χ2n) is 4.28. The van der Waals surface area contributed by atoms with Crippen molar-refractivity contribution in [2.75, 3.05) is 5.32 Å². The van der Waals surface area contributed by atoms with Gasteiger partial charge in [-0.15, -0.1) is 0 Å². The molecular weight excluding hydrogens is 371 g/mol. The zero-order valence-electron chi connectivity index (χ0n) is 10.4. The van der Waals surface area contributed by atoms with Gasteiger partial charge in [-0.3, -0.25) is 0 Å². The van der Waals surface area contributed by atoms with Crippen molar-refractivity contribution in [3.05, 3.63) is 62.0 Å². The predicted molar refractivity (Wildman–Crippen MR) is 82.6 cm³/mol. The fourth-order valence-corrected chi connectivity index (χ4v) is 2.92. The highest BCUT2D eigenvalue weighted by molar-refractivity contribution is 9.10. The van der Waals surface area contributed by atoms with E-state index in [-0.39, 0.29) is 11.7 Å². The van der Waals surface area contributed by atoms with Gasteiger partial charge in [0, 0.05) is 20.6 Å². The highest BCUT2D eigenvalue weighted by atomic mass is 79.9. The van der Waals surface area contributed by atoms with E-state index < -0.39 is 11.6 Å². The molecule has 2 aromatic carbocycles. The zero-order chi connectivity index (χ0) is 14.9. The van der Waals surface area contributed by atoms with E-state index in [1.807, 2.05) is 6.92 Å². The van der Waals surface area contributed by atoms with Crippen molar-refractivity contribution in [3.63, 3.8) is 0 Å². The molecule has 2 rings (SSSR count). The average Bonchev–Trinajstić information content (AvgIpc) is 2.33. The normalized spacial score (nSPS) is 12.3. The van der Waals surface area contributed by atoms with Crippen LogP contribution in [-0.4, -0.2) is 0 Å². The predicted octanol–water partition coefficient (Wildman–Crippen LogP) is 6.21. The maximum Gasteiger partial charge on any atom is 0.150 e. The van der Waals surface area contributed by atoms with E-state index in [1.54, 1.807) is 18.2 Å². The Balaban J connectivity index is 2.30. The topological polar surface area (TPSA) is 12.0 Å². The summed E-state index contributed by atoms with van der Waals surface area (Å²) < 4.78 is 27.1. The van der Waals surface area contributed by atoms with E-state index in [9.17, 15) is 8.78 Å². The minimum absolute atomic E-state index is 0.185. The molecule has 0 aliphatic heterocycles. The smallest absolute Gasteiger partial charge is 0.150 e. The molecule has 0 bridgehead atoms. The van der Waals surface area contributed by atoms with Crippen LogP contribution in [0.15, 0.2) is 34.8 Å². The van der Waals surface area contributed by atoms with Crippen molar-refractivity contribution in [2.24, 2.45) is 0 Å². The first-order valence-electron chi connectivity index (χ1n) is 5.74. The number of nitrogens with one attached hydrogen (secondary N) is 1.